The highest BCUT2D eigenvalue weighted by Gasteiger charge is 2.65. The van der Waals surface area contributed by atoms with Crippen molar-refractivity contribution in [3.8, 4) is 0 Å². The van der Waals surface area contributed by atoms with Gasteiger partial charge in [-0.1, -0.05) is 50.6 Å². The molecule has 4 rings (SSSR count). The number of ether oxygens (including phenoxy) is 2. The number of aryl methyl sites for hydroxylation is 1. The number of allylic oxidation sites excluding steroid dienone is 2. The monoisotopic (exact) mass is 414 g/mol. The van der Waals surface area contributed by atoms with Crippen LogP contribution in [0.4, 0.5) is 0 Å². The fraction of sp³-hybridized carbons (Fsp3) is 0.583. The highest BCUT2D eigenvalue weighted by molar-refractivity contribution is 8.04. The van der Waals surface area contributed by atoms with Crippen LogP contribution in [0.5, 0.6) is 0 Å². The van der Waals surface area contributed by atoms with Crippen molar-refractivity contribution in [3.05, 3.63) is 45.9 Å². The Morgan fingerprint density at radius 1 is 1.03 bits per heavy atom. The number of hydrogen-bond acceptors (Lipinski definition) is 5. The van der Waals surface area contributed by atoms with Crippen LogP contribution in [0.15, 0.2) is 34.7 Å². The van der Waals surface area contributed by atoms with Gasteiger partial charge in [-0.25, -0.2) is 0 Å². The maximum Gasteiger partial charge on any atom is 0.320 e. The summed E-state index contributed by atoms with van der Waals surface area (Å²) in [4.78, 5) is 27.1. The molecule has 3 aliphatic rings. The molecule has 2 aliphatic carbocycles. The van der Waals surface area contributed by atoms with Crippen molar-refractivity contribution >= 4 is 23.7 Å². The van der Waals surface area contributed by atoms with Crippen LogP contribution < -0.4 is 0 Å². The topological polar surface area (TPSA) is 52.6 Å². The number of carbonyl (C=O) groups excluding carboxylic acids is 2. The molecule has 4 nitrogen and oxygen atoms in total. The van der Waals surface area contributed by atoms with Crippen LogP contribution in [0, 0.1) is 29.6 Å². The van der Waals surface area contributed by atoms with Gasteiger partial charge in [-0.15, -0.1) is 11.8 Å². The molecule has 29 heavy (non-hydrogen) atoms. The third-order valence-corrected chi connectivity index (χ3v) is 9.64. The fourth-order valence-electron chi connectivity index (χ4n) is 5.92. The van der Waals surface area contributed by atoms with Crippen LogP contribution in [0.2, 0.25) is 0 Å². The summed E-state index contributed by atoms with van der Waals surface area (Å²) in [7, 11) is 2.80. The molecule has 1 aliphatic heterocycles. The average Bonchev–Trinajstić information content (AvgIpc) is 3.04. The standard InChI is InChI=1S/C24H30O4S/c1-13-7-9-14(10-8-13)16-17-15-11-12-24(4,23(15,2)3)20(17)29-19(22(26)28-6)18(16)21(25)27-5/h7-10,15-16,18-19H,11-12H2,1-6H3/t15-,16+,18-,19-,24+/m1/s1. The van der Waals surface area contributed by atoms with E-state index in [1.54, 1.807) is 11.8 Å². The number of hydrogen-bond donors (Lipinski definition) is 0. The van der Waals surface area contributed by atoms with E-state index in [0.29, 0.717) is 5.92 Å². The maximum absolute atomic E-state index is 13.0. The number of benzene rings is 1. The second-order valence-corrected chi connectivity index (χ2v) is 10.6. The van der Waals surface area contributed by atoms with Crippen molar-refractivity contribution in [2.45, 2.75) is 51.7 Å². The van der Waals surface area contributed by atoms with Gasteiger partial charge in [0.15, 0.2) is 0 Å². The Kier molecular flexibility index (Phi) is 4.88. The van der Waals surface area contributed by atoms with E-state index in [9.17, 15) is 9.59 Å². The van der Waals surface area contributed by atoms with Gasteiger partial charge in [-0.05, 0) is 47.1 Å². The quantitative estimate of drug-likeness (QED) is 0.661. The molecule has 2 bridgehead atoms. The normalized spacial score (nSPS) is 34.7. The van der Waals surface area contributed by atoms with Gasteiger partial charge in [-0.2, -0.15) is 0 Å². The SMILES string of the molecule is COC(=O)[C@@H]1[C@@H](c2ccc(C)cc2)C2=C(S[C@H]1C(=O)OC)[C@]1(C)CC[C@H]2C1(C)C. The predicted molar refractivity (Wildman–Crippen MR) is 114 cm³/mol. The minimum atomic E-state index is -0.593. The Labute approximate surface area is 177 Å². The Bertz CT molecular complexity index is 885. The largest absolute Gasteiger partial charge is 0.469 e. The smallest absolute Gasteiger partial charge is 0.320 e. The summed E-state index contributed by atoms with van der Waals surface area (Å²) in [6.45, 7) is 9.08. The predicted octanol–water partition coefficient (Wildman–Crippen LogP) is 4.87. The van der Waals surface area contributed by atoms with Gasteiger partial charge < -0.3 is 9.47 Å². The number of fused-ring (bicyclic) bond motifs is 4. The number of methoxy groups -OCH3 is 2. The Morgan fingerprint density at radius 2 is 1.66 bits per heavy atom. The number of carbonyl (C=O) groups is 2. The second-order valence-electron chi connectivity index (χ2n) is 9.43. The van der Waals surface area contributed by atoms with E-state index in [1.807, 2.05) is 0 Å². The Morgan fingerprint density at radius 3 is 2.24 bits per heavy atom. The first kappa shape index (κ1) is 20.5. The van der Waals surface area contributed by atoms with Crippen LogP contribution >= 0.6 is 11.8 Å². The van der Waals surface area contributed by atoms with Gasteiger partial charge in [0, 0.05) is 11.3 Å². The van der Waals surface area contributed by atoms with Crippen LogP contribution in [0.1, 0.15) is 50.7 Å². The Hall–Kier alpha value is -1.75. The van der Waals surface area contributed by atoms with E-state index in [2.05, 4.69) is 52.0 Å². The van der Waals surface area contributed by atoms with Crippen molar-refractivity contribution in [1.29, 1.82) is 0 Å². The van der Waals surface area contributed by atoms with Crippen LogP contribution in [-0.4, -0.2) is 31.4 Å². The molecule has 5 atom stereocenters. The molecule has 0 amide bonds. The van der Waals surface area contributed by atoms with Crippen LogP contribution in [0.25, 0.3) is 0 Å². The fourth-order valence-corrected chi connectivity index (χ4v) is 7.81. The Balaban J connectivity index is 1.95. The van der Waals surface area contributed by atoms with Crippen LogP contribution in [-0.2, 0) is 19.1 Å². The van der Waals surface area contributed by atoms with E-state index in [1.165, 1.54) is 30.3 Å². The maximum atomic E-state index is 13.0. The van der Waals surface area contributed by atoms with Crippen molar-refractivity contribution in [1.82, 2.24) is 0 Å². The minimum absolute atomic E-state index is 0.0218. The highest BCUT2D eigenvalue weighted by Crippen LogP contribution is 2.74. The van der Waals surface area contributed by atoms with Gasteiger partial charge in [0.1, 0.15) is 5.25 Å². The van der Waals surface area contributed by atoms with E-state index in [4.69, 9.17) is 9.47 Å². The minimum Gasteiger partial charge on any atom is -0.469 e. The summed E-state index contributed by atoms with van der Waals surface area (Å²) < 4.78 is 10.4. The summed E-state index contributed by atoms with van der Waals surface area (Å²) in [6.07, 6.45) is 2.25. The molecule has 0 aromatic heterocycles. The van der Waals surface area contributed by atoms with Gasteiger partial charge in [0.05, 0.1) is 20.1 Å². The number of rotatable bonds is 3. The van der Waals surface area contributed by atoms with Crippen molar-refractivity contribution in [2.24, 2.45) is 22.7 Å². The summed E-state index contributed by atoms with van der Waals surface area (Å²) >= 11 is 1.56. The van der Waals surface area contributed by atoms with Crippen LogP contribution in [0.3, 0.4) is 0 Å². The lowest BCUT2D eigenvalue weighted by atomic mass is 9.69. The third-order valence-electron chi connectivity index (χ3n) is 7.97. The molecule has 0 radical (unpaired) electrons. The molecule has 1 heterocycles. The van der Waals surface area contributed by atoms with Gasteiger partial charge >= 0.3 is 11.9 Å². The molecule has 0 spiro atoms. The molecular weight excluding hydrogens is 384 g/mol. The number of thioether (sulfide) groups is 1. The van der Waals surface area contributed by atoms with E-state index in [-0.39, 0.29) is 28.7 Å². The van der Waals surface area contributed by atoms with Crippen molar-refractivity contribution in [2.75, 3.05) is 14.2 Å². The molecular formula is C24H30O4S. The van der Waals surface area contributed by atoms with E-state index < -0.39 is 11.2 Å². The van der Waals surface area contributed by atoms with Crippen molar-refractivity contribution < 1.29 is 19.1 Å². The highest BCUT2D eigenvalue weighted by atomic mass is 32.2. The molecule has 0 saturated heterocycles. The molecule has 0 unspecified atom stereocenters. The summed E-state index contributed by atoms with van der Waals surface area (Å²) in [5.74, 6) is -1.02. The third kappa shape index (κ3) is 2.73. The van der Waals surface area contributed by atoms with E-state index >= 15 is 0 Å². The first-order valence-corrected chi connectivity index (χ1v) is 11.2. The first-order valence-electron chi connectivity index (χ1n) is 10.3. The lowest BCUT2D eigenvalue weighted by molar-refractivity contribution is -0.152. The zero-order valence-electron chi connectivity index (χ0n) is 18.1. The molecule has 5 heteroatoms. The van der Waals surface area contributed by atoms with Gasteiger partial charge in [0.25, 0.3) is 0 Å². The number of esters is 2. The lowest BCUT2D eigenvalue weighted by Gasteiger charge is -2.42. The molecule has 1 aromatic rings. The molecule has 1 saturated carbocycles. The first-order chi connectivity index (χ1) is 13.7. The molecule has 0 N–H and O–H groups in total. The molecule has 1 aromatic carbocycles. The van der Waals surface area contributed by atoms with E-state index in [0.717, 1.165) is 18.4 Å². The molecule has 1 fully saturated rings. The molecule has 156 valence electrons. The van der Waals surface area contributed by atoms with Gasteiger partial charge in [-0.3, -0.25) is 9.59 Å². The lowest BCUT2D eigenvalue weighted by Crippen LogP contribution is -2.43. The summed E-state index contributed by atoms with van der Waals surface area (Å²) in [6, 6.07) is 8.37. The zero-order valence-corrected chi connectivity index (χ0v) is 18.9. The summed E-state index contributed by atoms with van der Waals surface area (Å²) in [5.41, 5.74) is 3.73. The van der Waals surface area contributed by atoms with Crippen molar-refractivity contribution in [3.63, 3.8) is 0 Å². The average molecular weight is 415 g/mol. The second kappa shape index (κ2) is 6.90. The summed E-state index contributed by atoms with van der Waals surface area (Å²) in [5, 5.41) is -0.593. The zero-order chi connectivity index (χ0) is 21.1. The van der Waals surface area contributed by atoms with Gasteiger partial charge in [0.2, 0.25) is 0 Å².